The second-order valence-corrected chi connectivity index (χ2v) is 1.73. The van der Waals surface area contributed by atoms with E-state index in [1.165, 1.54) is 19.3 Å². The van der Waals surface area contributed by atoms with Crippen molar-refractivity contribution in [2.75, 3.05) is 0 Å². The fourth-order valence-electron chi connectivity index (χ4n) is 0.512. The molecule has 0 N–H and O–H groups in total. The molecule has 0 heterocycles. The van der Waals surface area contributed by atoms with Crippen LogP contribution in [0.5, 0.6) is 0 Å². The van der Waals surface area contributed by atoms with E-state index in [9.17, 15) is 0 Å². The van der Waals surface area contributed by atoms with Crippen molar-refractivity contribution in [3.05, 3.63) is 12.7 Å². The van der Waals surface area contributed by atoms with Gasteiger partial charge in [-0.15, -0.1) is 0 Å². The van der Waals surface area contributed by atoms with Crippen LogP contribution in [0, 0.1) is 6.58 Å². The molecule has 0 aromatic rings. The fraction of sp³-hybridized carbons (Fsp3) is 0.714. The largest absolute Gasteiger partial charge is 2.00 e. The summed E-state index contributed by atoms with van der Waals surface area (Å²) in [6.07, 6.45) is 6.66. The van der Waals surface area contributed by atoms with Gasteiger partial charge in [-0.25, -0.2) is 0 Å². The van der Waals surface area contributed by atoms with Gasteiger partial charge in [-0.1, -0.05) is 32.6 Å². The smallest absolute Gasteiger partial charge is 1.00 e. The Kier molecular flexibility index (Phi) is 29.9. The van der Waals surface area contributed by atoms with Gasteiger partial charge in [0.05, 0.1) is 0 Å². The van der Waals surface area contributed by atoms with Gasteiger partial charge in [0.15, 0.2) is 0 Å². The van der Waals surface area contributed by atoms with Gasteiger partial charge in [-0.2, -0.15) is 0 Å². The summed E-state index contributed by atoms with van der Waals surface area (Å²) in [6, 6.07) is 0. The van der Waals surface area contributed by atoms with Gasteiger partial charge in [0.25, 0.3) is 0 Å². The maximum atomic E-state index is 5.14. The van der Waals surface area contributed by atoms with Crippen LogP contribution in [0.25, 0.3) is 0 Å². The molecule has 0 aromatic heterocycles. The van der Waals surface area contributed by atoms with E-state index >= 15 is 0 Å². The second kappa shape index (κ2) is 16.1. The first kappa shape index (κ1) is 16.7. The third-order valence-electron chi connectivity index (χ3n) is 0.974. The number of unbranched alkanes of at least 4 members (excludes halogenated alkanes) is 3. The Labute approximate surface area is 91.7 Å². The van der Waals surface area contributed by atoms with Crippen molar-refractivity contribution in [3.63, 3.8) is 0 Å². The van der Waals surface area contributed by atoms with E-state index in [4.69, 9.17) is 6.58 Å². The zero-order valence-corrected chi connectivity index (χ0v) is 9.64. The van der Waals surface area contributed by atoms with Crippen molar-refractivity contribution in [1.29, 1.82) is 0 Å². The molecule has 0 aliphatic rings. The Bertz CT molecular complexity index is 46.2. The Hall–Kier alpha value is 1.24. The normalized spacial score (nSPS) is 6.78. The first-order chi connectivity index (χ1) is 3.41. The van der Waals surface area contributed by atoms with E-state index in [0.717, 1.165) is 6.42 Å². The Morgan fingerprint density at radius 3 is 2.22 bits per heavy atom. The monoisotopic (exact) mass is 248 g/mol. The molecule has 0 nitrogen and oxygen atoms in total. The summed E-state index contributed by atoms with van der Waals surface area (Å²) in [5.74, 6) is 0. The van der Waals surface area contributed by atoms with E-state index in [-0.39, 0.29) is 47.0 Å². The molecule has 50 valence electrons. The molecule has 0 aliphatic carbocycles. The van der Waals surface area contributed by atoms with Crippen molar-refractivity contribution in [2.45, 2.75) is 32.6 Å². The molecule has 9 heavy (non-hydrogen) atoms. The van der Waals surface area contributed by atoms with Crippen LogP contribution in [0.3, 0.4) is 0 Å². The minimum atomic E-state index is 0. The van der Waals surface area contributed by atoms with Crippen LogP contribution in [0.15, 0.2) is 6.08 Å². The molecule has 0 unspecified atom stereocenters. The van der Waals surface area contributed by atoms with Crippen molar-refractivity contribution in [3.8, 4) is 0 Å². The third-order valence-corrected chi connectivity index (χ3v) is 0.974. The average Bonchev–Trinajstić information content (AvgIpc) is 1.69. The standard InChI is InChI=1S/C7H13.HI.Mg/c1-3-5-7-6-4-2;;/h1,3H,4-7H2,2H3;1H;/q-1;;+2/p-1. The number of allylic oxidation sites excluding steroid dienone is 1. The fourth-order valence-corrected chi connectivity index (χ4v) is 0.512. The Balaban J connectivity index is -0.000000180. The third kappa shape index (κ3) is 17.6. The molecule has 0 fully saturated rings. The molecular formula is C7H13IMg. The van der Waals surface area contributed by atoms with Gasteiger partial charge >= 0.3 is 23.1 Å². The summed E-state index contributed by atoms with van der Waals surface area (Å²) >= 11 is 0. The topological polar surface area (TPSA) is 0 Å². The van der Waals surface area contributed by atoms with Crippen molar-refractivity contribution in [1.82, 2.24) is 0 Å². The van der Waals surface area contributed by atoms with Crippen LogP contribution in [0.2, 0.25) is 0 Å². The minimum Gasteiger partial charge on any atom is -1.00 e. The second-order valence-electron chi connectivity index (χ2n) is 1.73. The van der Waals surface area contributed by atoms with Gasteiger partial charge in [0, 0.05) is 0 Å². The van der Waals surface area contributed by atoms with Crippen LogP contribution < -0.4 is 24.0 Å². The van der Waals surface area contributed by atoms with Crippen molar-refractivity contribution in [2.24, 2.45) is 0 Å². The first-order valence-corrected chi connectivity index (χ1v) is 2.95. The predicted octanol–water partition coefficient (Wildman–Crippen LogP) is -0.821. The molecule has 0 rings (SSSR count). The molecule has 0 spiro atoms. The molecule has 0 radical (unpaired) electrons. The van der Waals surface area contributed by atoms with Gasteiger partial charge in [-0.05, 0) is 0 Å². The number of halogens is 1. The maximum absolute atomic E-state index is 5.14. The van der Waals surface area contributed by atoms with E-state index in [2.05, 4.69) is 6.92 Å². The van der Waals surface area contributed by atoms with Crippen molar-refractivity contribution < 1.29 is 24.0 Å². The van der Waals surface area contributed by atoms with Gasteiger partial charge < -0.3 is 30.6 Å². The van der Waals surface area contributed by atoms with E-state index < -0.39 is 0 Å². The molecule has 2 heteroatoms. The summed E-state index contributed by atoms with van der Waals surface area (Å²) in [7, 11) is 0. The summed E-state index contributed by atoms with van der Waals surface area (Å²) in [6.45, 7) is 7.34. The van der Waals surface area contributed by atoms with Crippen LogP contribution in [0.1, 0.15) is 32.6 Å². The van der Waals surface area contributed by atoms with Crippen LogP contribution in [-0.2, 0) is 0 Å². The van der Waals surface area contributed by atoms with Crippen LogP contribution in [0.4, 0.5) is 0 Å². The van der Waals surface area contributed by atoms with Crippen molar-refractivity contribution >= 4 is 23.1 Å². The summed E-state index contributed by atoms with van der Waals surface area (Å²) < 4.78 is 0. The molecule has 0 aromatic carbocycles. The minimum absolute atomic E-state index is 0. The zero-order valence-electron chi connectivity index (χ0n) is 6.07. The summed E-state index contributed by atoms with van der Waals surface area (Å²) in [4.78, 5) is 0. The Morgan fingerprint density at radius 1 is 1.33 bits per heavy atom. The summed E-state index contributed by atoms with van der Waals surface area (Å²) in [5, 5.41) is 0. The predicted molar refractivity (Wildman–Crippen MR) is 38.8 cm³/mol. The number of rotatable bonds is 4. The molecule has 0 atom stereocenters. The van der Waals surface area contributed by atoms with Gasteiger partial charge in [0.1, 0.15) is 0 Å². The van der Waals surface area contributed by atoms with E-state index in [1.807, 2.05) is 0 Å². The van der Waals surface area contributed by atoms with Crippen LogP contribution in [-0.4, -0.2) is 23.1 Å². The molecule has 0 saturated carbocycles. The van der Waals surface area contributed by atoms with E-state index in [0.29, 0.717) is 0 Å². The average molecular weight is 248 g/mol. The molecule has 0 amide bonds. The molecular weight excluding hydrogens is 235 g/mol. The zero-order chi connectivity index (χ0) is 5.54. The molecule has 0 bridgehead atoms. The Morgan fingerprint density at radius 2 is 1.89 bits per heavy atom. The van der Waals surface area contributed by atoms with Gasteiger partial charge in [0.2, 0.25) is 0 Å². The van der Waals surface area contributed by atoms with Gasteiger partial charge in [-0.3, -0.25) is 6.08 Å². The van der Waals surface area contributed by atoms with E-state index in [1.54, 1.807) is 6.08 Å². The number of hydrogen-bond donors (Lipinski definition) is 0. The first-order valence-electron chi connectivity index (χ1n) is 2.95. The molecule has 0 saturated heterocycles. The van der Waals surface area contributed by atoms with Crippen LogP contribution >= 0.6 is 0 Å². The summed E-state index contributed by atoms with van der Waals surface area (Å²) in [5.41, 5.74) is 0. The SMILES string of the molecule is [CH-]=CCCCCC.[I-].[Mg+2]. The number of hydrogen-bond acceptors (Lipinski definition) is 0. The maximum Gasteiger partial charge on any atom is 2.00 e. The molecule has 0 aliphatic heterocycles. The quantitative estimate of drug-likeness (QED) is 0.264.